The topological polar surface area (TPSA) is 57.2 Å². The molecular weight excluding hydrogens is 406 g/mol. The summed E-state index contributed by atoms with van der Waals surface area (Å²) in [4.78, 5) is 15.2. The summed E-state index contributed by atoms with van der Waals surface area (Å²) in [5.74, 6) is 1.61. The first kappa shape index (κ1) is 20.2. The van der Waals surface area contributed by atoms with Crippen LogP contribution in [0.25, 0.3) is 6.08 Å². The Hall–Kier alpha value is -3.12. The molecule has 0 aromatic heterocycles. The van der Waals surface area contributed by atoms with E-state index in [9.17, 15) is 4.79 Å². The maximum atomic E-state index is 13.5. The number of anilines is 1. The fraction of sp³-hybridized carbons (Fsp3) is 0.261. The molecular formula is C23H22ClNO5. The molecule has 0 radical (unpaired) electrons. The standard InChI is InChI=1S/C23H22ClNO5/c1-5-25-17-13-18(27-2)20(28-3)21(29-4)19(17)23(22(25)26)11-10-15(30-23)12-14-8-6-7-9-16(14)24/h6-13H,5H2,1-4H3/b15-12-. The molecule has 156 valence electrons. The highest BCUT2D eigenvalue weighted by atomic mass is 35.5. The zero-order valence-corrected chi connectivity index (χ0v) is 17.9. The van der Waals surface area contributed by atoms with Gasteiger partial charge < -0.3 is 23.8 Å². The van der Waals surface area contributed by atoms with E-state index in [1.165, 1.54) is 14.2 Å². The number of ether oxygens (including phenoxy) is 4. The number of halogens is 1. The van der Waals surface area contributed by atoms with Crippen molar-refractivity contribution in [3.05, 3.63) is 64.4 Å². The summed E-state index contributed by atoms with van der Waals surface area (Å²) < 4.78 is 23.0. The van der Waals surface area contributed by atoms with Crippen molar-refractivity contribution in [2.45, 2.75) is 12.5 Å². The molecule has 6 nitrogen and oxygen atoms in total. The molecule has 2 aliphatic heterocycles. The highest BCUT2D eigenvalue weighted by Gasteiger charge is 2.56. The summed E-state index contributed by atoms with van der Waals surface area (Å²) in [6, 6.07) is 9.21. The Bertz CT molecular complexity index is 1080. The molecule has 2 aliphatic rings. The monoisotopic (exact) mass is 427 g/mol. The number of hydrogen-bond donors (Lipinski definition) is 0. The molecule has 0 saturated heterocycles. The van der Waals surface area contributed by atoms with Crippen LogP contribution in [0.15, 0.2) is 48.2 Å². The third kappa shape index (κ3) is 2.82. The number of nitrogens with zero attached hydrogens (tertiary/aromatic N) is 1. The van der Waals surface area contributed by atoms with E-state index >= 15 is 0 Å². The van der Waals surface area contributed by atoms with E-state index in [-0.39, 0.29) is 5.91 Å². The predicted octanol–water partition coefficient (Wildman–Crippen LogP) is 4.56. The molecule has 1 atom stereocenters. The molecule has 1 unspecified atom stereocenters. The zero-order chi connectivity index (χ0) is 21.5. The lowest BCUT2D eigenvalue weighted by molar-refractivity contribution is -0.132. The van der Waals surface area contributed by atoms with E-state index in [4.69, 9.17) is 30.5 Å². The van der Waals surface area contributed by atoms with Gasteiger partial charge in [0.1, 0.15) is 5.76 Å². The molecule has 0 N–H and O–H groups in total. The summed E-state index contributed by atoms with van der Waals surface area (Å²) >= 11 is 6.28. The van der Waals surface area contributed by atoms with Gasteiger partial charge in [0.15, 0.2) is 11.5 Å². The van der Waals surface area contributed by atoms with E-state index in [1.54, 1.807) is 36.3 Å². The molecule has 2 aromatic carbocycles. The number of carbonyl (C=O) groups excluding carboxylic acids is 1. The van der Waals surface area contributed by atoms with Gasteiger partial charge in [0, 0.05) is 17.6 Å². The average molecular weight is 428 g/mol. The van der Waals surface area contributed by atoms with Crippen LogP contribution < -0.4 is 19.1 Å². The molecule has 4 rings (SSSR count). The van der Waals surface area contributed by atoms with E-state index < -0.39 is 5.60 Å². The predicted molar refractivity (Wildman–Crippen MR) is 115 cm³/mol. The van der Waals surface area contributed by atoms with Gasteiger partial charge in [-0.3, -0.25) is 4.79 Å². The number of methoxy groups -OCH3 is 3. The minimum atomic E-state index is -1.34. The van der Waals surface area contributed by atoms with Crippen molar-refractivity contribution < 1.29 is 23.7 Å². The van der Waals surface area contributed by atoms with Crippen LogP contribution in [0.4, 0.5) is 5.69 Å². The maximum absolute atomic E-state index is 13.5. The third-order valence-corrected chi connectivity index (χ3v) is 5.66. The number of likely N-dealkylation sites (N-methyl/N-ethyl adjacent to an activating group) is 1. The maximum Gasteiger partial charge on any atom is 0.280 e. The Balaban J connectivity index is 1.89. The Morgan fingerprint density at radius 2 is 1.87 bits per heavy atom. The quantitative estimate of drug-likeness (QED) is 0.700. The second-order valence-electron chi connectivity index (χ2n) is 6.83. The number of benzene rings is 2. The first-order chi connectivity index (χ1) is 14.5. The van der Waals surface area contributed by atoms with Crippen LogP contribution in [0.3, 0.4) is 0 Å². The lowest BCUT2D eigenvalue weighted by atomic mass is 9.94. The number of amides is 1. The molecule has 2 aromatic rings. The summed E-state index contributed by atoms with van der Waals surface area (Å²) in [5.41, 5.74) is 0.714. The van der Waals surface area contributed by atoms with E-state index in [2.05, 4.69) is 0 Å². The fourth-order valence-electron chi connectivity index (χ4n) is 3.97. The zero-order valence-electron chi connectivity index (χ0n) is 17.2. The van der Waals surface area contributed by atoms with Gasteiger partial charge in [0.2, 0.25) is 11.4 Å². The molecule has 0 saturated carbocycles. The number of fused-ring (bicyclic) bond motifs is 2. The first-order valence-electron chi connectivity index (χ1n) is 9.50. The average Bonchev–Trinajstić information content (AvgIpc) is 3.28. The highest BCUT2D eigenvalue weighted by Crippen LogP contribution is 2.57. The Kier molecular flexibility index (Phi) is 5.12. The van der Waals surface area contributed by atoms with Crippen molar-refractivity contribution in [1.29, 1.82) is 0 Å². The lowest BCUT2D eigenvalue weighted by Gasteiger charge is -2.24. The largest absolute Gasteiger partial charge is 0.493 e. The van der Waals surface area contributed by atoms with Crippen LogP contribution in [0, 0.1) is 0 Å². The van der Waals surface area contributed by atoms with Crippen molar-refractivity contribution in [3.63, 3.8) is 0 Å². The van der Waals surface area contributed by atoms with E-state index in [0.29, 0.717) is 45.8 Å². The second-order valence-corrected chi connectivity index (χ2v) is 7.24. The van der Waals surface area contributed by atoms with Gasteiger partial charge in [0.05, 0.1) is 32.6 Å². The minimum Gasteiger partial charge on any atom is -0.493 e. The highest BCUT2D eigenvalue weighted by molar-refractivity contribution is 6.32. The van der Waals surface area contributed by atoms with Crippen molar-refractivity contribution >= 4 is 29.3 Å². The van der Waals surface area contributed by atoms with Gasteiger partial charge in [-0.1, -0.05) is 29.8 Å². The van der Waals surface area contributed by atoms with Crippen LogP contribution in [-0.4, -0.2) is 33.8 Å². The summed E-state index contributed by atoms with van der Waals surface area (Å²) in [6.07, 6.45) is 5.34. The summed E-state index contributed by atoms with van der Waals surface area (Å²) in [6.45, 7) is 2.37. The molecule has 0 fully saturated rings. The van der Waals surface area contributed by atoms with E-state index in [1.807, 2.05) is 31.2 Å². The van der Waals surface area contributed by atoms with Gasteiger partial charge in [-0.2, -0.15) is 0 Å². The molecule has 1 spiro atoms. The Morgan fingerprint density at radius 3 is 2.50 bits per heavy atom. The van der Waals surface area contributed by atoms with Crippen LogP contribution >= 0.6 is 11.6 Å². The summed E-state index contributed by atoms with van der Waals surface area (Å²) in [7, 11) is 4.61. The first-order valence-corrected chi connectivity index (χ1v) is 9.88. The van der Waals surface area contributed by atoms with Crippen LogP contribution in [0.1, 0.15) is 18.1 Å². The Labute approximate surface area is 180 Å². The van der Waals surface area contributed by atoms with Crippen LogP contribution in [0.5, 0.6) is 17.2 Å². The van der Waals surface area contributed by atoms with Crippen molar-refractivity contribution in [3.8, 4) is 17.2 Å². The van der Waals surface area contributed by atoms with Crippen LogP contribution in [-0.2, 0) is 15.1 Å². The van der Waals surface area contributed by atoms with Crippen molar-refractivity contribution in [2.75, 3.05) is 32.8 Å². The normalized spacial score (nSPS) is 20.6. The molecule has 0 aliphatic carbocycles. The minimum absolute atomic E-state index is 0.201. The number of allylic oxidation sites excluding steroid dienone is 1. The Morgan fingerprint density at radius 1 is 1.13 bits per heavy atom. The summed E-state index contributed by atoms with van der Waals surface area (Å²) in [5, 5.41) is 0.597. The smallest absolute Gasteiger partial charge is 0.280 e. The SMILES string of the molecule is CCN1C(=O)C2(C=C/C(=C/c3ccccc3Cl)O2)c2c1cc(OC)c(OC)c2OC. The molecule has 0 bridgehead atoms. The molecule has 2 heterocycles. The third-order valence-electron chi connectivity index (χ3n) is 5.31. The van der Waals surface area contributed by atoms with Crippen molar-refractivity contribution in [1.82, 2.24) is 0 Å². The number of hydrogen-bond acceptors (Lipinski definition) is 5. The molecule has 30 heavy (non-hydrogen) atoms. The second kappa shape index (κ2) is 7.61. The van der Waals surface area contributed by atoms with E-state index in [0.717, 1.165) is 5.56 Å². The van der Waals surface area contributed by atoms with Gasteiger partial charge in [0.25, 0.3) is 5.91 Å². The molecule has 1 amide bonds. The van der Waals surface area contributed by atoms with Gasteiger partial charge in [-0.15, -0.1) is 0 Å². The van der Waals surface area contributed by atoms with Crippen LogP contribution in [0.2, 0.25) is 5.02 Å². The van der Waals surface area contributed by atoms with Crippen molar-refractivity contribution in [2.24, 2.45) is 0 Å². The van der Waals surface area contributed by atoms with Gasteiger partial charge in [-0.05, 0) is 36.8 Å². The van der Waals surface area contributed by atoms with Gasteiger partial charge in [-0.25, -0.2) is 0 Å². The fourth-order valence-corrected chi connectivity index (χ4v) is 4.16. The van der Waals surface area contributed by atoms with Gasteiger partial charge >= 0.3 is 0 Å². The number of rotatable bonds is 5. The lowest BCUT2D eigenvalue weighted by Crippen LogP contribution is -2.39. The number of carbonyl (C=O) groups is 1. The molecule has 7 heteroatoms.